The van der Waals surface area contributed by atoms with Crippen molar-refractivity contribution in [2.24, 2.45) is 4.99 Å². The number of hydrogen-bond donors (Lipinski definition) is 2. The molecule has 0 atom stereocenters. The lowest BCUT2D eigenvalue weighted by molar-refractivity contribution is 0.801. The molecule has 1 heterocycles. The predicted octanol–water partition coefficient (Wildman–Crippen LogP) is 4.32. The summed E-state index contributed by atoms with van der Waals surface area (Å²) in [6.07, 6.45) is 0.878. The molecule has 0 bridgehead atoms. The van der Waals surface area contributed by atoms with Crippen molar-refractivity contribution < 1.29 is 0 Å². The van der Waals surface area contributed by atoms with Crippen molar-refractivity contribution in [3.8, 4) is 0 Å². The Morgan fingerprint density at radius 2 is 2.00 bits per heavy atom. The third-order valence-electron chi connectivity index (χ3n) is 2.96. The number of nitrogens with one attached hydrogen (secondary N) is 2. The monoisotopic (exact) mass is 449 g/mol. The van der Waals surface area contributed by atoms with Crippen LogP contribution in [0, 0.1) is 0 Å². The van der Waals surface area contributed by atoms with Crippen LogP contribution in [0.1, 0.15) is 17.4 Å². The first-order valence-corrected chi connectivity index (χ1v) is 8.33. The van der Waals surface area contributed by atoms with Gasteiger partial charge in [0.25, 0.3) is 0 Å². The van der Waals surface area contributed by atoms with E-state index in [0.717, 1.165) is 36.1 Å². The summed E-state index contributed by atoms with van der Waals surface area (Å²) in [7, 11) is 0. The minimum Gasteiger partial charge on any atom is -0.357 e. The molecular weight excluding hydrogens is 429 g/mol. The molecular formula is C16H21ClIN3S. The summed E-state index contributed by atoms with van der Waals surface area (Å²) in [5, 5.41) is 9.49. The third kappa shape index (κ3) is 6.54. The molecule has 2 N–H and O–H groups in total. The normalized spacial score (nSPS) is 10.9. The van der Waals surface area contributed by atoms with Crippen LogP contribution in [0.25, 0.3) is 0 Å². The van der Waals surface area contributed by atoms with Crippen molar-refractivity contribution in [3.05, 3.63) is 57.2 Å². The van der Waals surface area contributed by atoms with Crippen LogP contribution in [0.2, 0.25) is 5.02 Å². The second-order valence-electron chi connectivity index (χ2n) is 4.54. The molecule has 22 heavy (non-hydrogen) atoms. The summed E-state index contributed by atoms with van der Waals surface area (Å²) in [4.78, 5) is 5.84. The average Bonchev–Trinajstić information content (AvgIpc) is 3.00. The molecule has 2 aromatic rings. The lowest BCUT2D eigenvalue weighted by atomic mass is 10.1. The number of halogens is 2. The van der Waals surface area contributed by atoms with Crippen LogP contribution in [0.15, 0.2) is 46.8 Å². The Morgan fingerprint density at radius 3 is 2.68 bits per heavy atom. The Labute approximate surface area is 158 Å². The van der Waals surface area contributed by atoms with Gasteiger partial charge in [-0.1, -0.05) is 35.9 Å². The van der Waals surface area contributed by atoms with Crippen LogP contribution in [-0.2, 0) is 13.0 Å². The summed E-state index contributed by atoms with van der Waals surface area (Å²) < 4.78 is 0. The highest BCUT2D eigenvalue weighted by Crippen LogP contribution is 2.14. The highest BCUT2D eigenvalue weighted by molar-refractivity contribution is 14.0. The molecule has 6 heteroatoms. The van der Waals surface area contributed by atoms with Gasteiger partial charge >= 0.3 is 0 Å². The van der Waals surface area contributed by atoms with Gasteiger partial charge in [-0.3, -0.25) is 0 Å². The quantitative estimate of drug-likeness (QED) is 0.391. The number of guanidine groups is 1. The molecule has 0 amide bonds. The number of rotatable bonds is 6. The van der Waals surface area contributed by atoms with E-state index in [4.69, 9.17) is 11.6 Å². The van der Waals surface area contributed by atoms with Gasteiger partial charge in [-0.15, -0.1) is 35.3 Å². The zero-order chi connectivity index (χ0) is 14.9. The van der Waals surface area contributed by atoms with Gasteiger partial charge in [0.15, 0.2) is 5.96 Å². The second-order valence-corrected chi connectivity index (χ2v) is 5.98. The van der Waals surface area contributed by atoms with Crippen molar-refractivity contribution in [2.45, 2.75) is 19.9 Å². The summed E-state index contributed by atoms with van der Waals surface area (Å²) in [6.45, 7) is 4.43. The van der Waals surface area contributed by atoms with Crippen LogP contribution in [0.5, 0.6) is 0 Å². The molecule has 0 saturated carbocycles. The molecule has 1 aromatic carbocycles. The predicted molar refractivity (Wildman–Crippen MR) is 108 cm³/mol. The van der Waals surface area contributed by atoms with Crippen LogP contribution < -0.4 is 10.6 Å². The summed E-state index contributed by atoms with van der Waals surface area (Å²) in [6, 6.07) is 12.1. The highest BCUT2D eigenvalue weighted by Gasteiger charge is 2.01. The standard InChI is InChI=1S/C16H20ClN3S.HI/c1-2-18-16(20-12-14-7-5-11-21-14)19-10-9-13-6-3-4-8-15(13)17;/h3-8,11H,2,9-10,12H2,1H3,(H2,18,19,20);1H. The Balaban J connectivity index is 0.00000242. The number of benzene rings is 1. The molecule has 2 rings (SSSR count). The maximum atomic E-state index is 6.16. The maximum absolute atomic E-state index is 6.16. The van der Waals surface area contributed by atoms with E-state index in [-0.39, 0.29) is 24.0 Å². The van der Waals surface area contributed by atoms with Crippen LogP contribution in [0.4, 0.5) is 0 Å². The minimum absolute atomic E-state index is 0. The second kappa shape index (κ2) is 10.9. The van der Waals surface area contributed by atoms with E-state index in [2.05, 4.69) is 40.1 Å². The van der Waals surface area contributed by atoms with E-state index in [1.165, 1.54) is 4.88 Å². The lowest BCUT2D eigenvalue weighted by Gasteiger charge is -2.11. The molecule has 1 aromatic heterocycles. The SMILES string of the molecule is CCNC(=NCc1cccs1)NCCc1ccccc1Cl.I. The van der Waals surface area contributed by atoms with Crippen LogP contribution in [0.3, 0.4) is 0 Å². The largest absolute Gasteiger partial charge is 0.357 e. The molecule has 0 fully saturated rings. The molecule has 0 spiro atoms. The molecule has 120 valence electrons. The van der Waals surface area contributed by atoms with Gasteiger partial charge in [0, 0.05) is 23.0 Å². The van der Waals surface area contributed by atoms with Crippen molar-refractivity contribution in [1.29, 1.82) is 0 Å². The smallest absolute Gasteiger partial charge is 0.191 e. The maximum Gasteiger partial charge on any atom is 0.191 e. The fraction of sp³-hybridized carbons (Fsp3) is 0.312. The number of aliphatic imine (C=N–C) groups is 1. The fourth-order valence-corrected chi connectivity index (χ4v) is 2.78. The van der Waals surface area contributed by atoms with E-state index < -0.39 is 0 Å². The topological polar surface area (TPSA) is 36.4 Å². The van der Waals surface area contributed by atoms with Gasteiger partial charge in [-0.25, -0.2) is 4.99 Å². The summed E-state index contributed by atoms with van der Waals surface area (Å²) in [5.41, 5.74) is 1.15. The van der Waals surface area contributed by atoms with E-state index in [0.29, 0.717) is 6.54 Å². The van der Waals surface area contributed by atoms with Gasteiger partial charge < -0.3 is 10.6 Å². The molecule has 3 nitrogen and oxygen atoms in total. The Hall–Kier alpha value is -0.790. The fourth-order valence-electron chi connectivity index (χ4n) is 1.92. The van der Waals surface area contributed by atoms with Gasteiger partial charge in [-0.2, -0.15) is 0 Å². The van der Waals surface area contributed by atoms with Crippen molar-refractivity contribution in [2.75, 3.05) is 13.1 Å². The van der Waals surface area contributed by atoms with Crippen LogP contribution in [-0.4, -0.2) is 19.0 Å². The van der Waals surface area contributed by atoms with E-state index >= 15 is 0 Å². The Kier molecular flexibility index (Phi) is 9.50. The number of hydrogen-bond acceptors (Lipinski definition) is 2. The summed E-state index contributed by atoms with van der Waals surface area (Å²) in [5.74, 6) is 0.845. The minimum atomic E-state index is 0. The van der Waals surface area contributed by atoms with E-state index in [9.17, 15) is 0 Å². The zero-order valence-electron chi connectivity index (χ0n) is 12.5. The van der Waals surface area contributed by atoms with Gasteiger partial charge in [0.1, 0.15) is 0 Å². The van der Waals surface area contributed by atoms with Crippen molar-refractivity contribution >= 4 is 52.9 Å². The molecule has 0 unspecified atom stereocenters. The molecule has 0 aliphatic heterocycles. The number of thiophene rings is 1. The average molecular weight is 450 g/mol. The lowest BCUT2D eigenvalue weighted by Crippen LogP contribution is -2.38. The van der Waals surface area contributed by atoms with Crippen molar-refractivity contribution in [1.82, 2.24) is 10.6 Å². The summed E-state index contributed by atoms with van der Waals surface area (Å²) >= 11 is 7.88. The molecule has 0 aliphatic rings. The first kappa shape index (κ1) is 19.3. The van der Waals surface area contributed by atoms with Gasteiger partial charge in [0.05, 0.1) is 6.54 Å². The first-order valence-electron chi connectivity index (χ1n) is 7.07. The number of nitrogens with zero attached hydrogens (tertiary/aromatic N) is 1. The molecule has 0 aliphatic carbocycles. The highest BCUT2D eigenvalue weighted by atomic mass is 127. The van der Waals surface area contributed by atoms with Crippen molar-refractivity contribution in [3.63, 3.8) is 0 Å². The molecule has 0 saturated heterocycles. The van der Waals surface area contributed by atoms with E-state index in [1.807, 2.05) is 24.3 Å². The Morgan fingerprint density at radius 1 is 1.18 bits per heavy atom. The molecule has 0 radical (unpaired) electrons. The zero-order valence-corrected chi connectivity index (χ0v) is 16.4. The van der Waals surface area contributed by atoms with E-state index in [1.54, 1.807) is 11.3 Å². The third-order valence-corrected chi connectivity index (χ3v) is 4.19. The van der Waals surface area contributed by atoms with Crippen LogP contribution >= 0.6 is 46.9 Å². The van der Waals surface area contributed by atoms with Gasteiger partial charge in [0.2, 0.25) is 0 Å². The first-order chi connectivity index (χ1) is 10.3. The van der Waals surface area contributed by atoms with Gasteiger partial charge in [-0.05, 0) is 36.4 Å². The Bertz CT molecular complexity index is 573.